The second kappa shape index (κ2) is 16.2. The molecule has 1 aliphatic rings. The van der Waals surface area contributed by atoms with E-state index in [2.05, 4.69) is 53.8 Å². The van der Waals surface area contributed by atoms with Crippen LogP contribution in [-0.4, -0.2) is 62.1 Å². The molecule has 0 radical (unpaired) electrons. The molecular formula is C39H44N2O5. The molecule has 5 rings (SSSR count). The Bertz CT molecular complexity index is 1470. The van der Waals surface area contributed by atoms with E-state index in [-0.39, 0.29) is 30.9 Å². The van der Waals surface area contributed by atoms with Gasteiger partial charge in [-0.25, -0.2) is 4.79 Å². The first-order valence-electron chi connectivity index (χ1n) is 16.2. The van der Waals surface area contributed by atoms with Gasteiger partial charge in [0.05, 0.1) is 6.54 Å². The minimum absolute atomic E-state index is 0.0632. The minimum atomic E-state index is -0.813. The molecule has 240 valence electrons. The SMILES string of the molecule is CCOC(CN(CCC(c1ccccc1)c1ccccc1)C(=O)[C@H](C)NC(=O)OCC1c2ccccc2-c2ccccc21)OCC. The van der Waals surface area contributed by atoms with Crippen molar-refractivity contribution in [3.05, 3.63) is 131 Å². The first kappa shape index (κ1) is 32.9. The predicted octanol–water partition coefficient (Wildman–Crippen LogP) is 7.36. The fourth-order valence-corrected chi connectivity index (χ4v) is 6.33. The van der Waals surface area contributed by atoms with Crippen LogP contribution in [-0.2, 0) is 19.0 Å². The van der Waals surface area contributed by atoms with Crippen LogP contribution in [0.4, 0.5) is 4.79 Å². The quantitative estimate of drug-likeness (QED) is 0.141. The molecule has 0 aliphatic heterocycles. The van der Waals surface area contributed by atoms with Crippen molar-refractivity contribution < 1.29 is 23.8 Å². The van der Waals surface area contributed by atoms with Crippen molar-refractivity contribution in [3.63, 3.8) is 0 Å². The van der Waals surface area contributed by atoms with Crippen LogP contribution in [0.15, 0.2) is 109 Å². The summed E-state index contributed by atoms with van der Waals surface area (Å²) >= 11 is 0. The van der Waals surface area contributed by atoms with E-state index in [1.807, 2.05) is 74.5 Å². The standard InChI is InChI=1S/C39H44N2O5/c1-4-44-37(45-5-2)26-41(25-24-31(29-16-8-6-9-17-29)30-18-10-7-11-19-30)38(42)28(3)40-39(43)46-27-36-34-22-14-12-20-32(34)33-21-13-15-23-35(33)36/h6-23,28,31,36-37H,4-5,24-27H2,1-3H3,(H,40,43)/t28-/m0/s1. The maximum absolute atomic E-state index is 13.9. The Morgan fingerprint density at radius 1 is 0.739 bits per heavy atom. The summed E-state index contributed by atoms with van der Waals surface area (Å²) in [6, 6.07) is 36.2. The second-order valence-electron chi connectivity index (χ2n) is 11.5. The predicted molar refractivity (Wildman–Crippen MR) is 181 cm³/mol. The average Bonchev–Trinajstić information content (AvgIpc) is 3.41. The summed E-state index contributed by atoms with van der Waals surface area (Å²) in [5.41, 5.74) is 6.95. The van der Waals surface area contributed by atoms with Gasteiger partial charge in [0.15, 0.2) is 6.29 Å². The van der Waals surface area contributed by atoms with Crippen LogP contribution in [0.1, 0.15) is 61.3 Å². The van der Waals surface area contributed by atoms with Crippen LogP contribution in [0.3, 0.4) is 0 Å². The molecule has 0 bridgehead atoms. The molecule has 7 nitrogen and oxygen atoms in total. The lowest BCUT2D eigenvalue weighted by molar-refractivity contribution is -0.159. The third-order valence-electron chi connectivity index (χ3n) is 8.53. The highest BCUT2D eigenvalue weighted by molar-refractivity contribution is 5.85. The van der Waals surface area contributed by atoms with E-state index in [0.717, 1.165) is 22.3 Å². The van der Waals surface area contributed by atoms with Crippen LogP contribution in [0.25, 0.3) is 11.1 Å². The number of amides is 2. The largest absolute Gasteiger partial charge is 0.449 e. The molecule has 0 spiro atoms. The number of alkyl carbamates (subject to hydrolysis) is 1. The van der Waals surface area contributed by atoms with Crippen molar-refractivity contribution in [3.8, 4) is 11.1 Å². The van der Waals surface area contributed by atoms with Crippen LogP contribution in [0.5, 0.6) is 0 Å². The minimum Gasteiger partial charge on any atom is -0.449 e. The molecule has 0 heterocycles. The highest BCUT2D eigenvalue weighted by Gasteiger charge is 2.30. The van der Waals surface area contributed by atoms with Gasteiger partial charge in [-0.3, -0.25) is 4.79 Å². The summed E-state index contributed by atoms with van der Waals surface area (Å²) in [7, 11) is 0. The molecule has 0 unspecified atom stereocenters. The number of carbonyl (C=O) groups excluding carboxylic acids is 2. The number of nitrogens with one attached hydrogen (secondary N) is 1. The van der Waals surface area contributed by atoms with Gasteiger partial charge in [-0.15, -0.1) is 0 Å². The number of carbonyl (C=O) groups is 2. The van der Waals surface area contributed by atoms with Crippen molar-refractivity contribution in [2.24, 2.45) is 0 Å². The Hall–Kier alpha value is -4.46. The fourth-order valence-electron chi connectivity index (χ4n) is 6.33. The Balaban J connectivity index is 1.27. The summed E-state index contributed by atoms with van der Waals surface area (Å²) in [5, 5.41) is 2.79. The van der Waals surface area contributed by atoms with Gasteiger partial charge in [-0.05, 0) is 60.6 Å². The van der Waals surface area contributed by atoms with Gasteiger partial charge >= 0.3 is 6.09 Å². The monoisotopic (exact) mass is 620 g/mol. The topological polar surface area (TPSA) is 77.1 Å². The Morgan fingerprint density at radius 2 is 1.24 bits per heavy atom. The van der Waals surface area contributed by atoms with Crippen molar-refractivity contribution in [1.82, 2.24) is 10.2 Å². The molecule has 0 saturated heterocycles. The van der Waals surface area contributed by atoms with Gasteiger partial charge in [-0.2, -0.15) is 0 Å². The summed E-state index contributed by atoms with van der Waals surface area (Å²) in [6.07, 6.45) is -0.518. The third kappa shape index (κ3) is 8.03. The molecule has 4 aromatic carbocycles. The highest BCUT2D eigenvalue weighted by Crippen LogP contribution is 2.44. The van der Waals surface area contributed by atoms with Crippen LogP contribution in [0, 0.1) is 0 Å². The maximum Gasteiger partial charge on any atom is 0.407 e. The zero-order valence-corrected chi connectivity index (χ0v) is 26.9. The Kier molecular flexibility index (Phi) is 11.6. The van der Waals surface area contributed by atoms with Gasteiger partial charge in [0.1, 0.15) is 12.6 Å². The summed E-state index contributed by atoms with van der Waals surface area (Å²) in [6.45, 7) is 7.28. The zero-order valence-electron chi connectivity index (χ0n) is 26.9. The van der Waals surface area contributed by atoms with Gasteiger partial charge in [0.2, 0.25) is 5.91 Å². The first-order valence-corrected chi connectivity index (χ1v) is 16.2. The number of benzene rings is 4. The van der Waals surface area contributed by atoms with Gasteiger partial charge < -0.3 is 24.4 Å². The number of ether oxygens (including phenoxy) is 3. The smallest absolute Gasteiger partial charge is 0.407 e. The molecule has 4 aromatic rings. The molecule has 0 saturated carbocycles. The van der Waals surface area contributed by atoms with Crippen molar-refractivity contribution in [1.29, 1.82) is 0 Å². The van der Waals surface area contributed by atoms with E-state index in [4.69, 9.17) is 14.2 Å². The maximum atomic E-state index is 13.9. The molecule has 0 fully saturated rings. The molecule has 1 aliphatic carbocycles. The van der Waals surface area contributed by atoms with Crippen LogP contribution >= 0.6 is 0 Å². The van der Waals surface area contributed by atoms with E-state index in [0.29, 0.717) is 26.2 Å². The summed E-state index contributed by atoms with van der Waals surface area (Å²) in [4.78, 5) is 28.8. The molecule has 0 aromatic heterocycles. The summed E-state index contributed by atoms with van der Waals surface area (Å²) < 4.78 is 17.4. The molecule has 1 N–H and O–H groups in total. The van der Waals surface area contributed by atoms with Crippen molar-refractivity contribution in [2.45, 2.75) is 51.4 Å². The lowest BCUT2D eigenvalue weighted by Gasteiger charge is -2.31. The van der Waals surface area contributed by atoms with Crippen LogP contribution < -0.4 is 5.32 Å². The fraction of sp³-hybridized carbons (Fsp3) is 0.333. The van der Waals surface area contributed by atoms with Gasteiger partial charge in [0.25, 0.3) is 0 Å². The lowest BCUT2D eigenvalue weighted by atomic mass is 9.88. The Morgan fingerprint density at radius 3 is 1.76 bits per heavy atom. The molecular weight excluding hydrogens is 576 g/mol. The lowest BCUT2D eigenvalue weighted by Crippen LogP contribution is -2.50. The van der Waals surface area contributed by atoms with E-state index in [1.54, 1.807) is 11.8 Å². The number of hydrogen-bond donors (Lipinski definition) is 1. The number of rotatable bonds is 15. The van der Waals surface area contributed by atoms with E-state index in [1.165, 1.54) is 11.1 Å². The normalized spacial score (nSPS) is 12.9. The van der Waals surface area contributed by atoms with Crippen molar-refractivity contribution >= 4 is 12.0 Å². The highest BCUT2D eigenvalue weighted by atomic mass is 16.7. The number of fused-ring (bicyclic) bond motifs is 3. The average molecular weight is 621 g/mol. The van der Waals surface area contributed by atoms with E-state index >= 15 is 0 Å². The van der Waals surface area contributed by atoms with E-state index in [9.17, 15) is 9.59 Å². The number of nitrogens with zero attached hydrogens (tertiary/aromatic N) is 1. The number of hydrogen-bond acceptors (Lipinski definition) is 5. The zero-order chi connectivity index (χ0) is 32.3. The van der Waals surface area contributed by atoms with Gasteiger partial charge in [0, 0.05) is 31.6 Å². The molecule has 1 atom stereocenters. The third-order valence-corrected chi connectivity index (χ3v) is 8.53. The summed E-state index contributed by atoms with van der Waals surface area (Å²) in [5.74, 6) is -0.203. The Labute approximate surface area is 272 Å². The van der Waals surface area contributed by atoms with E-state index < -0.39 is 18.4 Å². The molecule has 2 amide bonds. The van der Waals surface area contributed by atoms with Crippen molar-refractivity contribution in [2.75, 3.05) is 32.9 Å². The first-order chi connectivity index (χ1) is 22.5. The molecule has 7 heteroatoms. The van der Waals surface area contributed by atoms with Crippen LogP contribution in [0.2, 0.25) is 0 Å². The second-order valence-corrected chi connectivity index (χ2v) is 11.5. The van der Waals surface area contributed by atoms with Gasteiger partial charge in [-0.1, -0.05) is 109 Å². The molecule has 46 heavy (non-hydrogen) atoms.